The molecule has 0 aliphatic carbocycles. The molecule has 2 aromatic heterocycles. The van der Waals surface area contributed by atoms with E-state index in [0.29, 0.717) is 22.8 Å². The molecule has 2 heterocycles. The van der Waals surface area contributed by atoms with E-state index in [9.17, 15) is 9.18 Å². The lowest BCUT2D eigenvalue weighted by molar-refractivity contribution is 0.110. The summed E-state index contributed by atoms with van der Waals surface area (Å²) in [7, 11) is 0. The number of carbonyl (C=O) groups excluding carboxylic acids is 1. The molecule has 4 heteroatoms. The van der Waals surface area contributed by atoms with Crippen LogP contribution >= 0.6 is 0 Å². The highest BCUT2D eigenvalue weighted by atomic mass is 19.1. The maximum Gasteiger partial charge on any atom is 0.185 e. The highest BCUT2D eigenvalue weighted by Gasteiger charge is 2.08. The fraction of sp³-hybridized carbons (Fsp3) is 0. The van der Waals surface area contributed by atoms with E-state index in [0.717, 1.165) is 5.39 Å². The molecule has 3 aromatic rings. The van der Waals surface area contributed by atoms with Gasteiger partial charge in [-0.1, -0.05) is 0 Å². The summed E-state index contributed by atoms with van der Waals surface area (Å²) in [4.78, 5) is 14.7. The predicted octanol–water partition coefficient (Wildman–Crippen LogP) is 2.93. The number of hydrogen-bond donors (Lipinski definition) is 0. The van der Waals surface area contributed by atoms with Gasteiger partial charge >= 0.3 is 0 Å². The third kappa shape index (κ3) is 1.20. The lowest BCUT2D eigenvalue weighted by atomic mass is 10.2. The monoisotopic (exact) mass is 215 g/mol. The van der Waals surface area contributed by atoms with Gasteiger partial charge in [0.25, 0.3) is 0 Å². The molecule has 0 unspecified atom stereocenters. The van der Waals surface area contributed by atoms with Crippen LogP contribution in [0.2, 0.25) is 0 Å². The van der Waals surface area contributed by atoms with Crippen molar-refractivity contribution < 1.29 is 13.6 Å². The van der Waals surface area contributed by atoms with Crippen molar-refractivity contribution in [2.75, 3.05) is 0 Å². The first-order valence-corrected chi connectivity index (χ1v) is 4.71. The van der Waals surface area contributed by atoms with Gasteiger partial charge in [-0.3, -0.25) is 9.78 Å². The Bertz CT molecular complexity index is 703. The van der Waals surface area contributed by atoms with Gasteiger partial charge in [-0.25, -0.2) is 4.39 Å². The Morgan fingerprint density at radius 1 is 1.31 bits per heavy atom. The van der Waals surface area contributed by atoms with Crippen LogP contribution in [-0.4, -0.2) is 11.3 Å². The quantitative estimate of drug-likeness (QED) is 0.586. The van der Waals surface area contributed by atoms with Crippen molar-refractivity contribution in [3.8, 4) is 0 Å². The van der Waals surface area contributed by atoms with E-state index in [4.69, 9.17) is 4.42 Å². The van der Waals surface area contributed by atoms with E-state index >= 15 is 0 Å². The standard InChI is InChI=1S/C12H6FNO2/c13-8-1-2-10-11(4-8)14-5-7-3-9(6-15)16-12(7)10/h1-6H. The molecule has 0 aliphatic heterocycles. The van der Waals surface area contributed by atoms with Crippen LogP contribution in [0.15, 0.2) is 34.9 Å². The van der Waals surface area contributed by atoms with Gasteiger partial charge < -0.3 is 4.42 Å². The summed E-state index contributed by atoms with van der Waals surface area (Å²) in [5.41, 5.74) is 1.08. The lowest BCUT2D eigenvalue weighted by Gasteiger charge is -1.97. The zero-order chi connectivity index (χ0) is 11.1. The average molecular weight is 215 g/mol. The van der Waals surface area contributed by atoms with E-state index in [1.54, 1.807) is 18.3 Å². The number of rotatable bonds is 1. The fourth-order valence-corrected chi connectivity index (χ4v) is 1.73. The number of aromatic nitrogens is 1. The van der Waals surface area contributed by atoms with Gasteiger partial charge in [-0.2, -0.15) is 0 Å². The Balaban J connectivity index is 2.48. The zero-order valence-corrected chi connectivity index (χ0v) is 8.11. The van der Waals surface area contributed by atoms with Crippen LogP contribution < -0.4 is 0 Å². The second kappa shape index (κ2) is 3.13. The Morgan fingerprint density at radius 2 is 2.19 bits per heavy atom. The molecule has 3 rings (SSSR count). The van der Waals surface area contributed by atoms with Crippen molar-refractivity contribution >= 4 is 28.2 Å². The molecule has 0 saturated carbocycles. The lowest BCUT2D eigenvalue weighted by Crippen LogP contribution is -1.80. The molecule has 0 radical (unpaired) electrons. The fourth-order valence-electron chi connectivity index (χ4n) is 1.73. The maximum atomic E-state index is 13.0. The Labute approximate surface area is 89.5 Å². The topological polar surface area (TPSA) is 43.1 Å². The van der Waals surface area contributed by atoms with Crippen LogP contribution in [0.25, 0.3) is 21.9 Å². The second-order valence-electron chi connectivity index (χ2n) is 3.47. The third-order valence-electron chi connectivity index (χ3n) is 2.44. The molecule has 0 N–H and O–H groups in total. The number of hydrogen-bond acceptors (Lipinski definition) is 3. The van der Waals surface area contributed by atoms with Crippen molar-refractivity contribution in [2.45, 2.75) is 0 Å². The number of carbonyl (C=O) groups is 1. The number of benzene rings is 1. The van der Waals surface area contributed by atoms with Gasteiger partial charge in [0, 0.05) is 23.0 Å². The Kier molecular flexibility index (Phi) is 1.77. The molecular formula is C12H6FNO2. The third-order valence-corrected chi connectivity index (χ3v) is 2.44. The largest absolute Gasteiger partial charge is 0.453 e. The number of nitrogens with zero attached hydrogens (tertiary/aromatic N) is 1. The van der Waals surface area contributed by atoms with Crippen molar-refractivity contribution in [3.05, 3.63) is 42.0 Å². The molecule has 0 fully saturated rings. The molecule has 0 spiro atoms. The van der Waals surface area contributed by atoms with Crippen molar-refractivity contribution in [1.82, 2.24) is 4.98 Å². The number of aldehydes is 1. The minimum Gasteiger partial charge on any atom is -0.453 e. The first kappa shape index (κ1) is 9.03. The summed E-state index contributed by atoms with van der Waals surface area (Å²) in [6, 6.07) is 5.88. The molecule has 0 saturated heterocycles. The van der Waals surface area contributed by atoms with Crippen LogP contribution in [0, 0.1) is 5.82 Å². The predicted molar refractivity (Wildman–Crippen MR) is 56.9 cm³/mol. The molecule has 0 atom stereocenters. The molecule has 78 valence electrons. The minimum absolute atomic E-state index is 0.244. The van der Waals surface area contributed by atoms with Crippen LogP contribution in [0.5, 0.6) is 0 Å². The minimum atomic E-state index is -0.346. The van der Waals surface area contributed by atoms with E-state index < -0.39 is 0 Å². The number of furan rings is 1. The van der Waals surface area contributed by atoms with Gasteiger partial charge in [-0.15, -0.1) is 0 Å². The van der Waals surface area contributed by atoms with Crippen molar-refractivity contribution in [3.63, 3.8) is 0 Å². The number of fused-ring (bicyclic) bond motifs is 3. The average Bonchev–Trinajstić information content (AvgIpc) is 2.71. The van der Waals surface area contributed by atoms with E-state index in [2.05, 4.69) is 4.98 Å². The van der Waals surface area contributed by atoms with Gasteiger partial charge in [0.15, 0.2) is 12.0 Å². The highest BCUT2D eigenvalue weighted by molar-refractivity contribution is 6.03. The molecule has 3 nitrogen and oxygen atoms in total. The molecule has 0 aliphatic rings. The van der Waals surface area contributed by atoms with Gasteiger partial charge in [-0.05, 0) is 18.2 Å². The summed E-state index contributed by atoms with van der Waals surface area (Å²) in [6.45, 7) is 0. The SMILES string of the molecule is O=Cc1cc2cnc3cc(F)ccc3c2o1. The van der Waals surface area contributed by atoms with E-state index in [1.807, 2.05) is 0 Å². The van der Waals surface area contributed by atoms with Crippen LogP contribution in [0.3, 0.4) is 0 Å². The maximum absolute atomic E-state index is 13.0. The van der Waals surface area contributed by atoms with E-state index in [1.165, 1.54) is 12.1 Å². The zero-order valence-electron chi connectivity index (χ0n) is 8.11. The molecule has 1 aromatic carbocycles. The van der Waals surface area contributed by atoms with E-state index in [-0.39, 0.29) is 11.6 Å². The summed E-state index contributed by atoms with van der Waals surface area (Å²) < 4.78 is 18.3. The van der Waals surface area contributed by atoms with Gasteiger partial charge in [0.2, 0.25) is 0 Å². The molecular weight excluding hydrogens is 209 g/mol. The normalized spacial score (nSPS) is 11.1. The molecule has 0 bridgehead atoms. The summed E-state index contributed by atoms with van der Waals surface area (Å²) in [5, 5.41) is 1.44. The first-order valence-electron chi connectivity index (χ1n) is 4.71. The highest BCUT2D eigenvalue weighted by Crippen LogP contribution is 2.26. The van der Waals surface area contributed by atoms with Crippen molar-refractivity contribution in [2.24, 2.45) is 0 Å². The van der Waals surface area contributed by atoms with Gasteiger partial charge in [0.05, 0.1) is 5.52 Å². The molecule has 0 amide bonds. The number of halogens is 1. The van der Waals surface area contributed by atoms with Crippen LogP contribution in [0.4, 0.5) is 4.39 Å². The number of pyridine rings is 1. The van der Waals surface area contributed by atoms with Crippen molar-refractivity contribution in [1.29, 1.82) is 0 Å². The van der Waals surface area contributed by atoms with Crippen LogP contribution in [0.1, 0.15) is 10.6 Å². The first-order chi connectivity index (χ1) is 7.78. The van der Waals surface area contributed by atoms with Crippen LogP contribution in [-0.2, 0) is 0 Å². The Hall–Kier alpha value is -2.23. The van der Waals surface area contributed by atoms with Gasteiger partial charge in [0.1, 0.15) is 11.4 Å². The Morgan fingerprint density at radius 3 is 3.00 bits per heavy atom. The molecule has 16 heavy (non-hydrogen) atoms. The summed E-state index contributed by atoms with van der Waals surface area (Å²) >= 11 is 0. The summed E-state index contributed by atoms with van der Waals surface area (Å²) in [6.07, 6.45) is 2.20. The summed E-state index contributed by atoms with van der Waals surface area (Å²) in [5.74, 6) is -0.102. The second-order valence-corrected chi connectivity index (χ2v) is 3.47. The smallest absolute Gasteiger partial charge is 0.185 e.